The van der Waals surface area contributed by atoms with Crippen molar-refractivity contribution in [2.75, 3.05) is 6.54 Å². The Hall–Kier alpha value is -0.890. The van der Waals surface area contributed by atoms with E-state index in [2.05, 4.69) is 43.2 Å². The van der Waals surface area contributed by atoms with Gasteiger partial charge in [-0.05, 0) is 50.3 Å². The first-order chi connectivity index (χ1) is 8.22. The molecule has 1 unspecified atom stereocenters. The average Bonchev–Trinajstić information content (AvgIpc) is 2.33. The van der Waals surface area contributed by atoms with E-state index in [0.29, 0.717) is 6.04 Å². The van der Waals surface area contributed by atoms with E-state index >= 15 is 0 Å². The predicted molar refractivity (Wildman–Crippen MR) is 74.1 cm³/mol. The Labute approximate surface area is 106 Å². The number of hydrogen-bond donors (Lipinski definition) is 1. The Morgan fingerprint density at radius 2 is 2.12 bits per heavy atom. The maximum atomic E-state index is 4.38. The van der Waals surface area contributed by atoms with Gasteiger partial charge >= 0.3 is 0 Å². The van der Waals surface area contributed by atoms with Gasteiger partial charge in [0.15, 0.2) is 0 Å². The predicted octanol–water partition coefficient (Wildman–Crippen LogP) is 3.43. The van der Waals surface area contributed by atoms with E-state index in [-0.39, 0.29) is 0 Å². The van der Waals surface area contributed by atoms with Crippen molar-refractivity contribution < 1.29 is 0 Å². The van der Waals surface area contributed by atoms with Crippen LogP contribution < -0.4 is 5.32 Å². The molecule has 2 nitrogen and oxygen atoms in total. The van der Waals surface area contributed by atoms with Crippen molar-refractivity contribution >= 4 is 0 Å². The third-order valence-corrected chi connectivity index (χ3v) is 2.91. The van der Waals surface area contributed by atoms with Gasteiger partial charge in [0.2, 0.25) is 0 Å². The zero-order valence-corrected chi connectivity index (χ0v) is 11.4. The Morgan fingerprint density at radius 1 is 1.29 bits per heavy atom. The summed E-state index contributed by atoms with van der Waals surface area (Å²) in [4.78, 5) is 4.38. The van der Waals surface area contributed by atoms with E-state index in [9.17, 15) is 0 Å². The van der Waals surface area contributed by atoms with E-state index in [1.165, 1.54) is 25.0 Å². The summed E-state index contributed by atoms with van der Waals surface area (Å²) in [6.07, 6.45) is 6.61. The second-order valence-corrected chi connectivity index (χ2v) is 5.14. The van der Waals surface area contributed by atoms with Crippen LogP contribution in [0, 0.1) is 5.92 Å². The molecule has 0 spiro atoms. The number of aryl methyl sites for hydroxylation is 1. The lowest BCUT2D eigenvalue weighted by atomic mass is 9.98. The zero-order chi connectivity index (χ0) is 12.5. The minimum Gasteiger partial charge on any atom is -0.314 e. The molecule has 1 aromatic rings. The van der Waals surface area contributed by atoms with Gasteiger partial charge in [0, 0.05) is 17.9 Å². The minimum absolute atomic E-state index is 0.636. The van der Waals surface area contributed by atoms with Gasteiger partial charge in [-0.3, -0.25) is 4.98 Å². The third-order valence-electron chi connectivity index (χ3n) is 2.91. The first kappa shape index (κ1) is 14.2. The lowest BCUT2D eigenvalue weighted by Gasteiger charge is -2.20. The fourth-order valence-corrected chi connectivity index (χ4v) is 2.09. The second kappa shape index (κ2) is 8.24. The second-order valence-electron chi connectivity index (χ2n) is 5.14. The lowest BCUT2D eigenvalue weighted by Crippen LogP contribution is -2.31. The first-order valence-corrected chi connectivity index (χ1v) is 6.85. The number of nitrogens with zero attached hydrogens (tertiary/aromatic N) is 1. The molecule has 0 radical (unpaired) electrons. The van der Waals surface area contributed by atoms with Gasteiger partial charge in [-0.25, -0.2) is 0 Å². The van der Waals surface area contributed by atoms with Crippen molar-refractivity contribution in [1.29, 1.82) is 0 Å². The Kier molecular flexibility index (Phi) is 6.87. The summed E-state index contributed by atoms with van der Waals surface area (Å²) in [5.74, 6) is 0.757. The van der Waals surface area contributed by atoms with Gasteiger partial charge in [0.25, 0.3) is 0 Å². The van der Waals surface area contributed by atoms with Gasteiger partial charge < -0.3 is 5.32 Å². The van der Waals surface area contributed by atoms with E-state index in [1.807, 2.05) is 12.3 Å². The number of pyridine rings is 1. The standard InChI is InChI=1S/C15H26N2/c1-4-10-16-15(12-13(2)3)9-8-14-7-5-6-11-17-14/h5-7,11,13,15-16H,4,8-10,12H2,1-3H3. The molecular weight excluding hydrogens is 208 g/mol. The summed E-state index contributed by atoms with van der Waals surface area (Å²) in [6, 6.07) is 6.80. The smallest absolute Gasteiger partial charge is 0.0404 e. The average molecular weight is 234 g/mol. The molecule has 0 fully saturated rings. The number of hydrogen-bond acceptors (Lipinski definition) is 2. The fraction of sp³-hybridized carbons (Fsp3) is 0.667. The molecule has 2 heteroatoms. The molecule has 1 heterocycles. The molecule has 0 aromatic carbocycles. The molecule has 1 rings (SSSR count). The Balaban J connectivity index is 2.37. The molecule has 1 atom stereocenters. The highest BCUT2D eigenvalue weighted by Gasteiger charge is 2.10. The lowest BCUT2D eigenvalue weighted by molar-refractivity contribution is 0.397. The Morgan fingerprint density at radius 3 is 2.71 bits per heavy atom. The first-order valence-electron chi connectivity index (χ1n) is 6.85. The van der Waals surface area contributed by atoms with Crippen LogP contribution in [0.15, 0.2) is 24.4 Å². The van der Waals surface area contributed by atoms with Crippen molar-refractivity contribution in [2.24, 2.45) is 5.92 Å². The summed E-state index contributed by atoms with van der Waals surface area (Å²) in [5.41, 5.74) is 1.21. The van der Waals surface area contributed by atoms with Crippen LogP contribution >= 0.6 is 0 Å². The van der Waals surface area contributed by atoms with Gasteiger partial charge in [-0.2, -0.15) is 0 Å². The van der Waals surface area contributed by atoms with E-state index in [4.69, 9.17) is 0 Å². The number of aromatic nitrogens is 1. The zero-order valence-electron chi connectivity index (χ0n) is 11.4. The van der Waals surface area contributed by atoms with Crippen molar-refractivity contribution in [1.82, 2.24) is 10.3 Å². The summed E-state index contributed by atoms with van der Waals surface area (Å²) in [7, 11) is 0. The summed E-state index contributed by atoms with van der Waals surface area (Å²) in [5, 5.41) is 3.64. The van der Waals surface area contributed by atoms with Crippen LogP contribution in [0.4, 0.5) is 0 Å². The van der Waals surface area contributed by atoms with Crippen LogP contribution in [0.5, 0.6) is 0 Å². The van der Waals surface area contributed by atoms with Gasteiger partial charge in [0.1, 0.15) is 0 Å². The van der Waals surface area contributed by atoms with Crippen LogP contribution in [0.25, 0.3) is 0 Å². The van der Waals surface area contributed by atoms with Gasteiger partial charge in [0.05, 0.1) is 0 Å². The quantitative estimate of drug-likeness (QED) is 0.745. The molecule has 0 aliphatic carbocycles. The molecule has 1 aromatic heterocycles. The third kappa shape index (κ3) is 6.42. The SMILES string of the molecule is CCCNC(CCc1ccccn1)CC(C)C. The van der Waals surface area contributed by atoms with Crippen molar-refractivity contribution in [2.45, 2.75) is 52.5 Å². The summed E-state index contributed by atoms with van der Waals surface area (Å²) >= 11 is 0. The topological polar surface area (TPSA) is 24.9 Å². The maximum absolute atomic E-state index is 4.38. The van der Waals surface area contributed by atoms with Crippen molar-refractivity contribution in [3.63, 3.8) is 0 Å². The van der Waals surface area contributed by atoms with Gasteiger partial charge in [-0.1, -0.05) is 26.8 Å². The highest BCUT2D eigenvalue weighted by molar-refractivity contribution is 5.03. The molecular formula is C15H26N2. The fourth-order valence-electron chi connectivity index (χ4n) is 2.09. The molecule has 0 saturated heterocycles. The highest BCUT2D eigenvalue weighted by atomic mass is 14.9. The van der Waals surface area contributed by atoms with E-state index in [0.717, 1.165) is 18.9 Å². The van der Waals surface area contributed by atoms with Crippen LogP contribution in [0.3, 0.4) is 0 Å². The number of nitrogens with one attached hydrogen (secondary N) is 1. The molecule has 17 heavy (non-hydrogen) atoms. The largest absolute Gasteiger partial charge is 0.314 e. The molecule has 0 amide bonds. The molecule has 96 valence electrons. The molecule has 0 aliphatic rings. The molecule has 1 N–H and O–H groups in total. The van der Waals surface area contributed by atoms with Crippen molar-refractivity contribution in [3.05, 3.63) is 30.1 Å². The van der Waals surface area contributed by atoms with E-state index < -0.39 is 0 Å². The monoisotopic (exact) mass is 234 g/mol. The van der Waals surface area contributed by atoms with Crippen LogP contribution in [0.2, 0.25) is 0 Å². The van der Waals surface area contributed by atoms with Crippen LogP contribution in [0.1, 0.15) is 45.7 Å². The highest BCUT2D eigenvalue weighted by Crippen LogP contribution is 2.11. The number of rotatable bonds is 8. The van der Waals surface area contributed by atoms with E-state index in [1.54, 1.807) is 0 Å². The molecule has 0 bridgehead atoms. The maximum Gasteiger partial charge on any atom is 0.0404 e. The van der Waals surface area contributed by atoms with Crippen LogP contribution in [-0.4, -0.2) is 17.6 Å². The summed E-state index contributed by atoms with van der Waals surface area (Å²) in [6.45, 7) is 7.93. The minimum atomic E-state index is 0.636. The van der Waals surface area contributed by atoms with Crippen LogP contribution in [-0.2, 0) is 6.42 Å². The molecule has 0 aliphatic heterocycles. The van der Waals surface area contributed by atoms with Crippen molar-refractivity contribution in [3.8, 4) is 0 Å². The normalized spacial score (nSPS) is 12.9. The summed E-state index contributed by atoms with van der Waals surface area (Å²) < 4.78 is 0. The molecule has 0 saturated carbocycles. The van der Waals surface area contributed by atoms with Gasteiger partial charge in [-0.15, -0.1) is 0 Å². The Bertz CT molecular complexity index is 282.